The molecule has 21 heavy (non-hydrogen) atoms. The number of pyridine rings is 1. The van der Waals surface area contributed by atoms with Crippen LogP contribution in [-0.2, 0) is 4.74 Å². The number of aromatic nitrogens is 1. The summed E-state index contributed by atoms with van der Waals surface area (Å²) in [5.74, 6) is 0. The van der Waals surface area contributed by atoms with Crippen LogP contribution in [0.4, 0.5) is 0 Å². The van der Waals surface area contributed by atoms with Gasteiger partial charge in [0.1, 0.15) is 0 Å². The van der Waals surface area contributed by atoms with E-state index in [9.17, 15) is 0 Å². The Labute approximate surface area is 127 Å². The summed E-state index contributed by atoms with van der Waals surface area (Å²) in [6, 6.07) is 10.6. The lowest BCUT2D eigenvalue weighted by molar-refractivity contribution is -0.0718. The Balaban J connectivity index is 2.46. The van der Waals surface area contributed by atoms with Gasteiger partial charge >= 0.3 is 0 Å². The SMILES string of the molecule is CCOC(CC)(CC)C(NC)c1cnc2ccccc2c1. The molecule has 0 saturated carbocycles. The summed E-state index contributed by atoms with van der Waals surface area (Å²) in [6.45, 7) is 7.17. The molecule has 0 aliphatic rings. The molecule has 0 saturated heterocycles. The fourth-order valence-corrected chi connectivity index (χ4v) is 3.21. The molecule has 3 heteroatoms. The highest BCUT2D eigenvalue weighted by Gasteiger charge is 2.36. The largest absolute Gasteiger partial charge is 0.373 e. The number of ether oxygens (including phenoxy) is 1. The molecule has 0 amide bonds. The molecule has 0 aliphatic heterocycles. The van der Waals surface area contributed by atoms with E-state index in [-0.39, 0.29) is 11.6 Å². The molecular formula is C18H26N2O. The van der Waals surface area contributed by atoms with E-state index < -0.39 is 0 Å². The number of nitrogens with zero attached hydrogens (tertiary/aromatic N) is 1. The number of hydrogen-bond acceptors (Lipinski definition) is 3. The minimum atomic E-state index is -0.187. The van der Waals surface area contributed by atoms with Crippen molar-refractivity contribution in [2.45, 2.75) is 45.3 Å². The van der Waals surface area contributed by atoms with Crippen molar-refractivity contribution >= 4 is 10.9 Å². The minimum absolute atomic E-state index is 0.143. The van der Waals surface area contributed by atoms with E-state index in [1.165, 1.54) is 10.9 Å². The van der Waals surface area contributed by atoms with Crippen LogP contribution < -0.4 is 5.32 Å². The number of likely N-dealkylation sites (N-methyl/N-ethyl adjacent to an activating group) is 1. The van der Waals surface area contributed by atoms with Gasteiger partial charge in [0.05, 0.1) is 17.2 Å². The third kappa shape index (κ3) is 3.09. The lowest BCUT2D eigenvalue weighted by atomic mass is 9.84. The van der Waals surface area contributed by atoms with Crippen molar-refractivity contribution in [3.63, 3.8) is 0 Å². The molecule has 2 rings (SSSR count). The first-order chi connectivity index (χ1) is 10.2. The molecule has 114 valence electrons. The van der Waals surface area contributed by atoms with Crippen molar-refractivity contribution in [3.05, 3.63) is 42.1 Å². The summed E-state index contributed by atoms with van der Waals surface area (Å²) in [7, 11) is 2.00. The van der Waals surface area contributed by atoms with E-state index in [4.69, 9.17) is 4.74 Å². The predicted octanol–water partition coefficient (Wildman–Crippen LogP) is 4.09. The van der Waals surface area contributed by atoms with E-state index in [1.807, 2.05) is 25.4 Å². The van der Waals surface area contributed by atoms with Gasteiger partial charge in [-0.25, -0.2) is 0 Å². The molecule has 1 aromatic heterocycles. The van der Waals surface area contributed by atoms with Gasteiger partial charge in [-0.1, -0.05) is 32.0 Å². The predicted molar refractivity (Wildman–Crippen MR) is 88.5 cm³/mol. The van der Waals surface area contributed by atoms with Gasteiger partial charge in [-0.2, -0.15) is 0 Å². The van der Waals surface area contributed by atoms with Crippen LogP contribution in [0.25, 0.3) is 10.9 Å². The summed E-state index contributed by atoms with van der Waals surface area (Å²) in [5.41, 5.74) is 2.03. The minimum Gasteiger partial charge on any atom is -0.373 e. The second kappa shape index (κ2) is 7.01. The molecule has 3 nitrogen and oxygen atoms in total. The maximum atomic E-state index is 6.16. The van der Waals surface area contributed by atoms with Gasteiger partial charge in [-0.15, -0.1) is 0 Å². The quantitative estimate of drug-likeness (QED) is 0.832. The zero-order valence-electron chi connectivity index (χ0n) is 13.5. The van der Waals surface area contributed by atoms with Crippen molar-refractivity contribution < 1.29 is 4.74 Å². The maximum absolute atomic E-state index is 6.16. The molecule has 1 atom stereocenters. The maximum Gasteiger partial charge on any atom is 0.0871 e. The van der Waals surface area contributed by atoms with Crippen LogP contribution in [0.1, 0.15) is 45.2 Å². The highest BCUT2D eigenvalue weighted by Crippen LogP contribution is 2.35. The second-order valence-electron chi connectivity index (χ2n) is 5.39. The lowest BCUT2D eigenvalue weighted by Crippen LogP contribution is -2.44. The standard InChI is InChI=1S/C18H26N2O/c1-5-18(6-2,21-7-3)17(19-4)15-12-14-10-8-9-11-16(14)20-13-15/h8-13,17,19H,5-7H2,1-4H3. The monoisotopic (exact) mass is 286 g/mol. The van der Waals surface area contributed by atoms with E-state index in [2.05, 4.69) is 49.3 Å². The van der Waals surface area contributed by atoms with Gasteiger partial charge in [0, 0.05) is 18.2 Å². The first-order valence-corrected chi connectivity index (χ1v) is 7.86. The number of para-hydroxylation sites is 1. The van der Waals surface area contributed by atoms with Crippen molar-refractivity contribution in [1.29, 1.82) is 0 Å². The molecule has 2 aromatic rings. The van der Waals surface area contributed by atoms with Crippen LogP contribution in [0.3, 0.4) is 0 Å². The Kier molecular flexibility index (Phi) is 5.32. The van der Waals surface area contributed by atoms with Crippen LogP contribution in [0.15, 0.2) is 36.5 Å². The molecular weight excluding hydrogens is 260 g/mol. The van der Waals surface area contributed by atoms with Gasteiger partial charge in [0.2, 0.25) is 0 Å². The third-order valence-corrected chi connectivity index (χ3v) is 4.39. The van der Waals surface area contributed by atoms with Crippen LogP contribution in [0.2, 0.25) is 0 Å². The fraction of sp³-hybridized carbons (Fsp3) is 0.500. The Morgan fingerprint density at radius 2 is 1.90 bits per heavy atom. The van der Waals surface area contributed by atoms with Crippen molar-refractivity contribution in [3.8, 4) is 0 Å². The summed E-state index contributed by atoms with van der Waals surface area (Å²) >= 11 is 0. The Morgan fingerprint density at radius 1 is 1.19 bits per heavy atom. The third-order valence-electron chi connectivity index (χ3n) is 4.39. The van der Waals surface area contributed by atoms with Crippen molar-refractivity contribution in [2.75, 3.05) is 13.7 Å². The van der Waals surface area contributed by atoms with Gasteiger partial charge in [-0.3, -0.25) is 4.98 Å². The van der Waals surface area contributed by atoms with E-state index in [1.54, 1.807) is 0 Å². The molecule has 1 aromatic carbocycles. The Hall–Kier alpha value is -1.45. The molecule has 1 heterocycles. The summed E-state index contributed by atoms with van der Waals surface area (Å²) in [4.78, 5) is 4.60. The zero-order chi connectivity index (χ0) is 15.3. The van der Waals surface area contributed by atoms with Crippen molar-refractivity contribution in [2.24, 2.45) is 0 Å². The van der Waals surface area contributed by atoms with Gasteiger partial charge < -0.3 is 10.1 Å². The summed E-state index contributed by atoms with van der Waals surface area (Å²) in [6.07, 6.45) is 3.91. The first kappa shape index (κ1) is 15.9. The number of fused-ring (bicyclic) bond motifs is 1. The van der Waals surface area contributed by atoms with E-state index in [0.29, 0.717) is 0 Å². The Morgan fingerprint density at radius 3 is 2.52 bits per heavy atom. The summed E-state index contributed by atoms with van der Waals surface area (Å²) < 4.78 is 6.16. The van der Waals surface area contributed by atoms with Crippen LogP contribution in [0, 0.1) is 0 Å². The molecule has 0 aliphatic carbocycles. The average Bonchev–Trinajstić information content (AvgIpc) is 2.54. The highest BCUT2D eigenvalue weighted by molar-refractivity contribution is 5.78. The van der Waals surface area contributed by atoms with Crippen molar-refractivity contribution in [1.82, 2.24) is 10.3 Å². The van der Waals surface area contributed by atoms with Crippen LogP contribution in [-0.4, -0.2) is 24.2 Å². The number of benzene rings is 1. The molecule has 0 fully saturated rings. The average molecular weight is 286 g/mol. The molecule has 1 unspecified atom stereocenters. The first-order valence-electron chi connectivity index (χ1n) is 7.86. The zero-order valence-corrected chi connectivity index (χ0v) is 13.5. The molecule has 0 radical (unpaired) electrons. The molecule has 0 bridgehead atoms. The van der Waals surface area contributed by atoms with Crippen LogP contribution in [0.5, 0.6) is 0 Å². The van der Waals surface area contributed by atoms with Gasteiger partial charge in [0.15, 0.2) is 0 Å². The summed E-state index contributed by atoms with van der Waals surface area (Å²) in [5, 5.41) is 4.62. The van der Waals surface area contributed by atoms with Gasteiger partial charge in [0.25, 0.3) is 0 Å². The number of hydrogen-bond donors (Lipinski definition) is 1. The molecule has 0 spiro atoms. The normalized spacial score (nSPS) is 13.5. The van der Waals surface area contributed by atoms with Gasteiger partial charge in [-0.05, 0) is 44.5 Å². The smallest absolute Gasteiger partial charge is 0.0871 e. The lowest BCUT2D eigenvalue weighted by Gasteiger charge is -2.39. The Bertz CT molecular complexity index is 578. The molecule has 1 N–H and O–H groups in total. The number of rotatable bonds is 7. The van der Waals surface area contributed by atoms with E-state index >= 15 is 0 Å². The van der Waals surface area contributed by atoms with E-state index in [0.717, 1.165) is 25.0 Å². The second-order valence-corrected chi connectivity index (χ2v) is 5.39. The fourth-order valence-electron chi connectivity index (χ4n) is 3.21. The number of nitrogens with one attached hydrogen (secondary N) is 1. The topological polar surface area (TPSA) is 34.1 Å². The highest BCUT2D eigenvalue weighted by atomic mass is 16.5. The van der Waals surface area contributed by atoms with Crippen LogP contribution >= 0.6 is 0 Å².